The third-order valence-corrected chi connectivity index (χ3v) is 4.58. The summed E-state index contributed by atoms with van der Waals surface area (Å²) < 4.78 is 4.96. The van der Waals surface area contributed by atoms with Crippen LogP contribution in [0.4, 0.5) is 0 Å². The van der Waals surface area contributed by atoms with E-state index in [1.807, 2.05) is 22.9 Å². The lowest BCUT2D eigenvalue weighted by molar-refractivity contribution is -0.143. The van der Waals surface area contributed by atoms with Crippen molar-refractivity contribution in [2.24, 2.45) is 0 Å². The number of hydrogen-bond donors (Lipinski definition) is 2. The number of ether oxygens (including phenoxy) is 1. The minimum atomic E-state index is -0.973. The third-order valence-electron chi connectivity index (χ3n) is 3.85. The van der Waals surface area contributed by atoms with E-state index in [4.69, 9.17) is 9.84 Å². The fourth-order valence-electron chi connectivity index (χ4n) is 2.56. The summed E-state index contributed by atoms with van der Waals surface area (Å²) in [4.78, 5) is 23.8. The van der Waals surface area contributed by atoms with Gasteiger partial charge in [0.05, 0.1) is 18.6 Å². The smallest absolute Gasteiger partial charge is 0.329 e. The highest BCUT2D eigenvalue weighted by Crippen LogP contribution is 2.21. The van der Waals surface area contributed by atoms with Crippen LogP contribution in [0.1, 0.15) is 24.8 Å². The molecule has 6 nitrogen and oxygen atoms in total. The number of carboxylic acid groups (broad SMARTS) is 1. The van der Waals surface area contributed by atoms with Gasteiger partial charge in [-0.05, 0) is 35.2 Å². The van der Waals surface area contributed by atoms with Crippen molar-refractivity contribution in [2.45, 2.75) is 37.8 Å². The summed E-state index contributed by atoms with van der Waals surface area (Å²) in [6.07, 6.45) is 5.68. The van der Waals surface area contributed by atoms with Crippen molar-refractivity contribution < 1.29 is 24.5 Å². The van der Waals surface area contributed by atoms with E-state index in [0.29, 0.717) is 32.4 Å². The molecule has 2 rings (SSSR count). The summed E-state index contributed by atoms with van der Waals surface area (Å²) >= 11 is 1.61. The largest absolute Gasteiger partial charge is 0.480 e. The van der Waals surface area contributed by atoms with Gasteiger partial charge in [-0.25, -0.2) is 4.79 Å². The van der Waals surface area contributed by atoms with Crippen LogP contribution in [0.15, 0.2) is 29.0 Å². The molecule has 2 atom stereocenters. The van der Waals surface area contributed by atoms with Crippen molar-refractivity contribution in [2.75, 3.05) is 19.8 Å². The Hall–Kier alpha value is -1.70. The molecule has 0 aromatic carbocycles. The average Bonchev–Trinajstić information content (AvgIpc) is 3.02. The van der Waals surface area contributed by atoms with Crippen LogP contribution in [0, 0.1) is 0 Å². The molecule has 1 fully saturated rings. The molecule has 1 aromatic rings. The van der Waals surface area contributed by atoms with E-state index in [2.05, 4.69) is 0 Å². The lowest BCUT2D eigenvalue weighted by Crippen LogP contribution is -2.51. The molecule has 1 amide bonds. The van der Waals surface area contributed by atoms with Gasteiger partial charge in [-0.1, -0.05) is 12.2 Å². The van der Waals surface area contributed by atoms with Gasteiger partial charge in [0.2, 0.25) is 5.91 Å². The summed E-state index contributed by atoms with van der Waals surface area (Å²) in [5.74, 6) is -0.859. The number of aliphatic carboxylic acids is 1. The number of likely N-dealkylation sites (tertiary alicyclic amines) is 1. The molecule has 24 heavy (non-hydrogen) atoms. The molecule has 132 valence electrons. The Morgan fingerprint density at radius 1 is 1.50 bits per heavy atom. The Morgan fingerprint density at radius 2 is 2.33 bits per heavy atom. The first kappa shape index (κ1) is 18.6. The zero-order valence-corrected chi connectivity index (χ0v) is 14.3. The standard InChI is InChI=1S/C17H23NO5S/c19-15(9-13-5-8-24-12-13)4-3-14-10-16(20)18(14)6-1-2-7-23-11-17(21)22/h3-5,8,12,14-15,19H,1-2,6-7,9-11H2,(H,21,22)/b4-3+/t14-,15?/m0/s1. The number of carbonyl (C=O) groups excluding carboxylic acids is 1. The van der Waals surface area contributed by atoms with Crippen LogP contribution in [0.2, 0.25) is 0 Å². The van der Waals surface area contributed by atoms with Crippen LogP contribution in [0.25, 0.3) is 0 Å². The summed E-state index contributed by atoms with van der Waals surface area (Å²) in [6, 6.07) is 2.04. The van der Waals surface area contributed by atoms with Crippen molar-refractivity contribution in [3.8, 4) is 0 Å². The Labute approximate surface area is 145 Å². The quantitative estimate of drug-likeness (QED) is 0.359. The number of aliphatic hydroxyl groups excluding tert-OH is 1. The monoisotopic (exact) mass is 353 g/mol. The van der Waals surface area contributed by atoms with E-state index >= 15 is 0 Å². The highest BCUT2D eigenvalue weighted by atomic mass is 32.1. The highest BCUT2D eigenvalue weighted by molar-refractivity contribution is 7.07. The molecule has 1 aliphatic rings. The molecule has 0 spiro atoms. The van der Waals surface area contributed by atoms with Crippen LogP contribution in [-0.2, 0) is 20.7 Å². The van der Waals surface area contributed by atoms with Crippen molar-refractivity contribution in [1.29, 1.82) is 0 Å². The molecule has 0 bridgehead atoms. The van der Waals surface area contributed by atoms with Gasteiger partial charge in [0, 0.05) is 19.6 Å². The van der Waals surface area contributed by atoms with Gasteiger partial charge in [-0.2, -0.15) is 11.3 Å². The summed E-state index contributed by atoms with van der Waals surface area (Å²) in [5, 5.41) is 22.5. The number of unbranched alkanes of at least 4 members (excludes halogenated alkanes) is 1. The van der Waals surface area contributed by atoms with Crippen LogP contribution >= 0.6 is 11.3 Å². The SMILES string of the molecule is O=C(O)COCCCCN1C(=O)C[C@@H]1/C=C/C(O)Cc1ccsc1. The molecule has 0 aliphatic carbocycles. The molecule has 1 unspecified atom stereocenters. The number of carbonyl (C=O) groups is 2. The van der Waals surface area contributed by atoms with Gasteiger partial charge in [0.25, 0.3) is 0 Å². The number of amides is 1. The zero-order valence-electron chi connectivity index (χ0n) is 13.5. The number of rotatable bonds is 11. The van der Waals surface area contributed by atoms with Crippen LogP contribution in [-0.4, -0.2) is 58.9 Å². The minimum Gasteiger partial charge on any atom is -0.480 e. The minimum absolute atomic E-state index is 0.0505. The predicted molar refractivity (Wildman–Crippen MR) is 91.0 cm³/mol. The van der Waals surface area contributed by atoms with Crippen LogP contribution < -0.4 is 0 Å². The molecule has 0 radical (unpaired) electrons. The number of thiophene rings is 1. The number of aliphatic hydroxyl groups is 1. The second-order valence-electron chi connectivity index (χ2n) is 5.80. The van der Waals surface area contributed by atoms with E-state index in [0.717, 1.165) is 12.0 Å². The van der Waals surface area contributed by atoms with E-state index in [-0.39, 0.29) is 18.6 Å². The lowest BCUT2D eigenvalue weighted by Gasteiger charge is -2.39. The molecular formula is C17H23NO5S. The molecule has 7 heteroatoms. The first-order valence-electron chi connectivity index (χ1n) is 8.02. The fraction of sp³-hybridized carbons (Fsp3) is 0.529. The average molecular weight is 353 g/mol. The molecule has 0 saturated carbocycles. The van der Waals surface area contributed by atoms with Crippen molar-refractivity contribution >= 4 is 23.2 Å². The fourth-order valence-corrected chi connectivity index (χ4v) is 3.24. The van der Waals surface area contributed by atoms with Crippen molar-refractivity contribution in [3.05, 3.63) is 34.5 Å². The maximum Gasteiger partial charge on any atom is 0.329 e. The summed E-state index contributed by atoms with van der Waals surface area (Å²) in [6.45, 7) is 0.731. The van der Waals surface area contributed by atoms with Crippen molar-refractivity contribution in [3.63, 3.8) is 0 Å². The summed E-state index contributed by atoms with van der Waals surface area (Å²) in [7, 11) is 0. The van der Waals surface area contributed by atoms with Gasteiger partial charge in [-0.3, -0.25) is 4.79 Å². The lowest BCUT2D eigenvalue weighted by atomic mass is 9.99. The number of nitrogens with zero attached hydrogens (tertiary/aromatic N) is 1. The molecule has 1 aromatic heterocycles. The Bertz CT molecular complexity index is 557. The Kier molecular flexibility index (Phi) is 7.42. The van der Waals surface area contributed by atoms with E-state index in [1.54, 1.807) is 22.3 Å². The van der Waals surface area contributed by atoms with Gasteiger partial charge in [0.15, 0.2) is 0 Å². The topological polar surface area (TPSA) is 87.1 Å². The maximum absolute atomic E-state index is 11.7. The first-order chi connectivity index (χ1) is 11.6. The number of hydrogen-bond acceptors (Lipinski definition) is 5. The van der Waals surface area contributed by atoms with E-state index < -0.39 is 12.1 Å². The van der Waals surface area contributed by atoms with Gasteiger partial charge < -0.3 is 19.8 Å². The zero-order chi connectivity index (χ0) is 17.4. The maximum atomic E-state index is 11.7. The molecule has 1 saturated heterocycles. The van der Waals surface area contributed by atoms with Crippen molar-refractivity contribution in [1.82, 2.24) is 4.90 Å². The van der Waals surface area contributed by atoms with Crippen LogP contribution in [0.3, 0.4) is 0 Å². The highest BCUT2D eigenvalue weighted by Gasteiger charge is 2.33. The van der Waals surface area contributed by atoms with Gasteiger partial charge in [0.1, 0.15) is 6.61 Å². The molecular weight excluding hydrogens is 330 g/mol. The second-order valence-corrected chi connectivity index (χ2v) is 6.58. The number of carboxylic acids is 1. The molecule has 2 heterocycles. The van der Waals surface area contributed by atoms with Gasteiger partial charge >= 0.3 is 5.97 Å². The molecule has 2 N–H and O–H groups in total. The van der Waals surface area contributed by atoms with E-state index in [1.165, 1.54) is 0 Å². The Balaban J connectivity index is 1.65. The predicted octanol–water partition coefficient (Wildman–Crippen LogP) is 1.69. The first-order valence-corrected chi connectivity index (χ1v) is 8.97. The number of β-lactam (4-membered cyclic amide) rings is 1. The Morgan fingerprint density at radius 3 is 3.00 bits per heavy atom. The second kappa shape index (κ2) is 9.56. The van der Waals surface area contributed by atoms with Gasteiger partial charge in [-0.15, -0.1) is 0 Å². The normalized spacial score (nSPS) is 18.8. The molecule has 1 aliphatic heterocycles. The van der Waals surface area contributed by atoms with E-state index in [9.17, 15) is 14.7 Å². The third kappa shape index (κ3) is 6.07. The summed E-state index contributed by atoms with van der Waals surface area (Å²) in [5.41, 5.74) is 1.11. The van der Waals surface area contributed by atoms with Crippen LogP contribution in [0.5, 0.6) is 0 Å².